The highest BCUT2D eigenvalue weighted by Crippen LogP contribution is 2.18. The summed E-state index contributed by atoms with van der Waals surface area (Å²) < 4.78 is 5.21. The summed E-state index contributed by atoms with van der Waals surface area (Å²) in [5, 5.41) is 19.6. The minimum absolute atomic E-state index is 0.0945. The number of nitrogens with zero attached hydrogens (tertiary/aromatic N) is 3. The predicted octanol–water partition coefficient (Wildman–Crippen LogP) is 0.969. The van der Waals surface area contributed by atoms with Crippen LogP contribution in [0.2, 0.25) is 0 Å². The summed E-state index contributed by atoms with van der Waals surface area (Å²) in [6, 6.07) is 5.29. The van der Waals surface area contributed by atoms with Crippen molar-refractivity contribution in [3.63, 3.8) is 0 Å². The van der Waals surface area contributed by atoms with E-state index in [0.29, 0.717) is 5.82 Å². The van der Waals surface area contributed by atoms with Gasteiger partial charge in [0.25, 0.3) is 11.6 Å². The van der Waals surface area contributed by atoms with Gasteiger partial charge in [-0.2, -0.15) is 5.10 Å². The number of hydrogen-bond acceptors (Lipinski definition) is 6. The molecule has 1 amide bonds. The van der Waals surface area contributed by atoms with Gasteiger partial charge in [0.1, 0.15) is 17.9 Å². The van der Waals surface area contributed by atoms with Crippen LogP contribution in [0.15, 0.2) is 30.6 Å². The molecule has 1 aromatic heterocycles. The fourth-order valence-corrected chi connectivity index (χ4v) is 1.61. The summed E-state index contributed by atoms with van der Waals surface area (Å²) in [6.07, 6.45) is 1.34. The number of H-pyrrole nitrogens is 1. The van der Waals surface area contributed by atoms with Crippen molar-refractivity contribution in [1.82, 2.24) is 20.5 Å². The molecule has 21 heavy (non-hydrogen) atoms. The number of non-ortho nitro benzene ring substituents is 1. The van der Waals surface area contributed by atoms with Crippen LogP contribution in [0.25, 0.3) is 0 Å². The van der Waals surface area contributed by atoms with E-state index >= 15 is 0 Å². The van der Waals surface area contributed by atoms with Gasteiger partial charge >= 0.3 is 0 Å². The van der Waals surface area contributed by atoms with Crippen molar-refractivity contribution in [2.45, 2.75) is 13.0 Å². The van der Waals surface area contributed by atoms with Gasteiger partial charge in [-0.1, -0.05) is 6.07 Å². The summed E-state index contributed by atoms with van der Waals surface area (Å²) >= 11 is 0. The molecule has 1 heterocycles. The maximum Gasteiger partial charge on any atom is 0.273 e. The monoisotopic (exact) mass is 291 g/mol. The minimum Gasteiger partial charge on any atom is -0.484 e. The number of aromatic nitrogens is 3. The SMILES string of the molecule is CC(NC(=O)COc1cccc([N+](=O)[O-])c1)c1ncn[nH]1. The van der Waals surface area contributed by atoms with Crippen molar-refractivity contribution in [1.29, 1.82) is 0 Å². The Labute approximate surface area is 119 Å². The molecule has 0 aliphatic rings. The Morgan fingerprint density at radius 3 is 3.05 bits per heavy atom. The van der Waals surface area contributed by atoms with E-state index < -0.39 is 4.92 Å². The molecule has 9 heteroatoms. The Hall–Kier alpha value is -2.97. The lowest BCUT2D eigenvalue weighted by atomic mass is 10.3. The zero-order valence-corrected chi connectivity index (χ0v) is 11.1. The molecule has 110 valence electrons. The third-order valence-electron chi connectivity index (χ3n) is 2.62. The largest absolute Gasteiger partial charge is 0.484 e. The van der Waals surface area contributed by atoms with Crippen LogP contribution < -0.4 is 10.1 Å². The highest BCUT2D eigenvalue weighted by atomic mass is 16.6. The fraction of sp³-hybridized carbons (Fsp3) is 0.250. The zero-order chi connectivity index (χ0) is 15.2. The lowest BCUT2D eigenvalue weighted by Crippen LogP contribution is -2.31. The van der Waals surface area contributed by atoms with Crippen LogP contribution in [-0.4, -0.2) is 32.6 Å². The number of benzene rings is 1. The molecule has 0 radical (unpaired) electrons. The van der Waals surface area contributed by atoms with E-state index in [0.717, 1.165) is 0 Å². The van der Waals surface area contributed by atoms with Crippen LogP contribution in [0.4, 0.5) is 5.69 Å². The van der Waals surface area contributed by atoms with Crippen molar-refractivity contribution in [3.05, 3.63) is 46.5 Å². The van der Waals surface area contributed by atoms with E-state index in [1.807, 2.05) is 0 Å². The summed E-state index contributed by atoms with van der Waals surface area (Å²) in [5.74, 6) is 0.413. The number of rotatable bonds is 6. The van der Waals surface area contributed by atoms with Crippen molar-refractivity contribution in [2.75, 3.05) is 6.61 Å². The number of nitro benzene ring substituents is 1. The molecular weight excluding hydrogens is 278 g/mol. The second-order valence-electron chi connectivity index (χ2n) is 4.20. The first kappa shape index (κ1) is 14.4. The molecule has 0 aliphatic heterocycles. The highest BCUT2D eigenvalue weighted by Gasteiger charge is 2.13. The number of amides is 1. The molecule has 0 bridgehead atoms. The first-order chi connectivity index (χ1) is 10.1. The van der Waals surface area contributed by atoms with Crippen molar-refractivity contribution in [2.24, 2.45) is 0 Å². The van der Waals surface area contributed by atoms with Gasteiger partial charge in [-0.15, -0.1) is 0 Å². The standard InChI is InChI=1S/C12H13N5O4/c1-8(12-13-7-14-16-12)15-11(18)6-21-10-4-2-3-9(5-10)17(19)20/h2-5,7-8H,6H2,1H3,(H,15,18)(H,13,14,16). The Morgan fingerprint density at radius 2 is 2.38 bits per heavy atom. The molecule has 0 aliphatic carbocycles. The molecule has 2 rings (SSSR count). The fourth-order valence-electron chi connectivity index (χ4n) is 1.61. The average Bonchev–Trinajstić information content (AvgIpc) is 2.99. The summed E-state index contributed by atoms with van der Waals surface area (Å²) in [6.45, 7) is 1.49. The zero-order valence-electron chi connectivity index (χ0n) is 11.1. The second kappa shape index (κ2) is 6.46. The number of nitro groups is 1. The molecule has 1 unspecified atom stereocenters. The molecular formula is C12H13N5O4. The molecule has 2 aromatic rings. The molecule has 9 nitrogen and oxygen atoms in total. The van der Waals surface area contributed by atoms with Crippen LogP contribution in [0.5, 0.6) is 5.75 Å². The molecule has 2 N–H and O–H groups in total. The Kier molecular flexibility index (Phi) is 4.44. The van der Waals surface area contributed by atoms with Gasteiger partial charge in [0, 0.05) is 6.07 Å². The van der Waals surface area contributed by atoms with E-state index in [1.54, 1.807) is 13.0 Å². The van der Waals surface area contributed by atoms with E-state index in [9.17, 15) is 14.9 Å². The van der Waals surface area contributed by atoms with Gasteiger partial charge in [-0.25, -0.2) is 4.98 Å². The molecule has 0 spiro atoms. The van der Waals surface area contributed by atoms with Crippen LogP contribution in [0.1, 0.15) is 18.8 Å². The topological polar surface area (TPSA) is 123 Å². The van der Waals surface area contributed by atoms with Crippen LogP contribution in [0, 0.1) is 10.1 Å². The van der Waals surface area contributed by atoms with E-state index in [1.165, 1.54) is 24.5 Å². The lowest BCUT2D eigenvalue weighted by molar-refractivity contribution is -0.384. The van der Waals surface area contributed by atoms with E-state index in [2.05, 4.69) is 20.5 Å². The van der Waals surface area contributed by atoms with Crippen LogP contribution in [-0.2, 0) is 4.79 Å². The quantitative estimate of drug-likeness (QED) is 0.603. The minimum atomic E-state index is -0.529. The molecule has 0 saturated carbocycles. The predicted molar refractivity (Wildman–Crippen MR) is 71.5 cm³/mol. The van der Waals surface area contributed by atoms with Gasteiger partial charge < -0.3 is 10.1 Å². The Bertz CT molecular complexity index is 628. The maximum absolute atomic E-state index is 11.7. The first-order valence-corrected chi connectivity index (χ1v) is 6.08. The number of carbonyl (C=O) groups is 1. The van der Waals surface area contributed by atoms with Gasteiger partial charge in [-0.3, -0.25) is 20.0 Å². The summed E-state index contributed by atoms with van der Waals surface area (Å²) in [4.78, 5) is 25.7. The molecule has 1 aromatic carbocycles. The van der Waals surface area contributed by atoms with Crippen LogP contribution >= 0.6 is 0 Å². The number of ether oxygens (including phenoxy) is 1. The van der Waals surface area contributed by atoms with Crippen LogP contribution in [0.3, 0.4) is 0 Å². The van der Waals surface area contributed by atoms with Crippen molar-refractivity contribution in [3.8, 4) is 5.75 Å². The number of hydrogen-bond donors (Lipinski definition) is 2. The molecule has 1 atom stereocenters. The third-order valence-corrected chi connectivity index (χ3v) is 2.62. The van der Waals surface area contributed by atoms with E-state index in [4.69, 9.17) is 4.74 Å². The highest BCUT2D eigenvalue weighted by molar-refractivity contribution is 5.77. The first-order valence-electron chi connectivity index (χ1n) is 6.08. The van der Waals surface area contributed by atoms with Crippen molar-refractivity contribution >= 4 is 11.6 Å². The number of aromatic amines is 1. The number of carbonyl (C=O) groups excluding carboxylic acids is 1. The molecule has 0 fully saturated rings. The van der Waals surface area contributed by atoms with Gasteiger partial charge in [-0.05, 0) is 13.0 Å². The normalized spacial score (nSPS) is 11.7. The maximum atomic E-state index is 11.7. The van der Waals surface area contributed by atoms with Gasteiger partial charge in [0.2, 0.25) is 0 Å². The lowest BCUT2D eigenvalue weighted by Gasteiger charge is -2.11. The van der Waals surface area contributed by atoms with E-state index in [-0.39, 0.29) is 30.0 Å². The Balaban J connectivity index is 1.86. The average molecular weight is 291 g/mol. The second-order valence-corrected chi connectivity index (χ2v) is 4.20. The van der Waals surface area contributed by atoms with Gasteiger partial charge in [0.05, 0.1) is 17.0 Å². The number of nitrogens with one attached hydrogen (secondary N) is 2. The third kappa shape index (κ3) is 4.00. The van der Waals surface area contributed by atoms with Crippen molar-refractivity contribution < 1.29 is 14.5 Å². The van der Waals surface area contributed by atoms with Gasteiger partial charge in [0.15, 0.2) is 6.61 Å². The smallest absolute Gasteiger partial charge is 0.273 e. The summed E-state index contributed by atoms with van der Waals surface area (Å²) in [5.41, 5.74) is -0.0945. The molecule has 0 saturated heterocycles. The summed E-state index contributed by atoms with van der Waals surface area (Å²) in [7, 11) is 0. The Morgan fingerprint density at radius 1 is 1.57 bits per heavy atom.